The van der Waals surface area contributed by atoms with Crippen LogP contribution in [-0.2, 0) is 51.3 Å². The van der Waals surface area contributed by atoms with Crippen LogP contribution in [0.5, 0.6) is 0 Å². The molecule has 8 nitrogen and oxygen atoms in total. The van der Waals surface area contributed by atoms with E-state index in [0.29, 0.717) is 0 Å². The van der Waals surface area contributed by atoms with Gasteiger partial charge in [-0.1, -0.05) is 60.7 Å². The molecule has 4 atom stereocenters. The van der Waals surface area contributed by atoms with Gasteiger partial charge in [0, 0.05) is 13.8 Å². The number of ether oxygens (including phenoxy) is 5. The number of rotatable bonds is 8. The SMILES string of the molecule is CC(=O)OC1COC(C(=O)OCc2ccccc2)[C@H](OC(C)=O)[C@H]1OCc1ccccc1. The van der Waals surface area contributed by atoms with E-state index in [2.05, 4.69) is 0 Å². The molecule has 3 rings (SSSR count). The van der Waals surface area contributed by atoms with E-state index in [9.17, 15) is 14.4 Å². The smallest absolute Gasteiger partial charge is 0.339 e. The van der Waals surface area contributed by atoms with Crippen LogP contribution < -0.4 is 0 Å². The third-order valence-electron chi connectivity index (χ3n) is 4.79. The Morgan fingerprint density at radius 2 is 1.38 bits per heavy atom. The molecule has 0 saturated carbocycles. The van der Waals surface area contributed by atoms with Crippen molar-refractivity contribution in [1.82, 2.24) is 0 Å². The van der Waals surface area contributed by atoms with E-state index in [1.54, 1.807) is 0 Å². The summed E-state index contributed by atoms with van der Waals surface area (Å²) >= 11 is 0. The average molecular weight is 442 g/mol. The number of hydrogen-bond donors (Lipinski definition) is 0. The molecular formula is C24H26O8. The lowest BCUT2D eigenvalue weighted by atomic mass is 9.99. The molecular weight excluding hydrogens is 416 g/mol. The summed E-state index contributed by atoms with van der Waals surface area (Å²) in [5, 5.41) is 0. The van der Waals surface area contributed by atoms with E-state index in [1.807, 2.05) is 60.7 Å². The van der Waals surface area contributed by atoms with E-state index in [1.165, 1.54) is 13.8 Å². The number of carbonyl (C=O) groups excluding carboxylic acids is 3. The van der Waals surface area contributed by atoms with Crippen molar-refractivity contribution in [3.8, 4) is 0 Å². The first kappa shape index (κ1) is 23.4. The predicted octanol–water partition coefficient (Wildman–Crippen LogP) is 2.58. The first-order chi connectivity index (χ1) is 15.4. The first-order valence-corrected chi connectivity index (χ1v) is 10.3. The van der Waals surface area contributed by atoms with Crippen molar-refractivity contribution < 1.29 is 38.1 Å². The highest BCUT2D eigenvalue weighted by Gasteiger charge is 2.49. The van der Waals surface area contributed by atoms with Gasteiger partial charge in [0.15, 0.2) is 18.3 Å². The Morgan fingerprint density at radius 3 is 1.94 bits per heavy atom. The van der Waals surface area contributed by atoms with E-state index in [4.69, 9.17) is 23.7 Å². The third-order valence-corrected chi connectivity index (χ3v) is 4.79. The normalized spacial score (nSPS) is 22.6. The van der Waals surface area contributed by atoms with Gasteiger partial charge in [0.25, 0.3) is 0 Å². The van der Waals surface area contributed by atoms with Crippen LogP contribution in [0.3, 0.4) is 0 Å². The van der Waals surface area contributed by atoms with E-state index >= 15 is 0 Å². The van der Waals surface area contributed by atoms with Crippen LogP contribution in [0.1, 0.15) is 25.0 Å². The summed E-state index contributed by atoms with van der Waals surface area (Å²) in [5.74, 6) is -1.87. The second-order valence-electron chi connectivity index (χ2n) is 7.33. The summed E-state index contributed by atoms with van der Waals surface area (Å²) in [6.45, 7) is 2.56. The van der Waals surface area contributed by atoms with Crippen LogP contribution in [0.4, 0.5) is 0 Å². The zero-order valence-electron chi connectivity index (χ0n) is 18.0. The zero-order chi connectivity index (χ0) is 22.9. The standard InChI is InChI=1S/C24H26O8/c1-16(25)31-20-15-29-23(24(27)30-14-19-11-7-4-8-12-19)22(32-17(2)26)21(20)28-13-18-9-5-3-6-10-18/h3-12,20-23H,13-15H2,1-2H3/t20?,21-,22+,23?/m0/s1. The van der Waals surface area contributed by atoms with Crippen molar-refractivity contribution in [1.29, 1.82) is 0 Å². The summed E-state index contributed by atoms with van der Waals surface area (Å²) < 4.78 is 27.8. The first-order valence-electron chi connectivity index (χ1n) is 10.3. The van der Waals surface area contributed by atoms with Gasteiger partial charge in [0.1, 0.15) is 12.7 Å². The minimum Gasteiger partial charge on any atom is -0.459 e. The summed E-state index contributed by atoms with van der Waals surface area (Å²) in [5.41, 5.74) is 1.67. The van der Waals surface area contributed by atoms with E-state index in [0.717, 1.165) is 11.1 Å². The summed E-state index contributed by atoms with van der Waals surface area (Å²) in [4.78, 5) is 36.2. The maximum Gasteiger partial charge on any atom is 0.339 e. The molecule has 1 aliphatic heterocycles. The lowest BCUT2D eigenvalue weighted by Crippen LogP contribution is -2.59. The summed E-state index contributed by atoms with van der Waals surface area (Å²) in [6.07, 6.45) is -4.17. The minimum absolute atomic E-state index is 0.0369. The molecule has 8 heteroatoms. The number of hydrogen-bond acceptors (Lipinski definition) is 8. The maximum atomic E-state index is 12.8. The Bertz CT molecular complexity index is 899. The van der Waals surface area contributed by atoms with Gasteiger partial charge >= 0.3 is 17.9 Å². The largest absolute Gasteiger partial charge is 0.459 e. The quantitative estimate of drug-likeness (QED) is 0.455. The van der Waals surface area contributed by atoms with Crippen LogP contribution in [0.2, 0.25) is 0 Å². The van der Waals surface area contributed by atoms with Gasteiger partial charge in [-0.15, -0.1) is 0 Å². The highest BCUT2D eigenvalue weighted by molar-refractivity contribution is 5.77. The zero-order valence-corrected chi connectivity index (χ0v) is 18.0. The molecule has 0 amide bonds. The lowest BCUT2D eigenvalue weighted by Gasteiger charge is -2.40. The van der Waals surface area contributed by atoms with Gasteiger partial charge in [-0.25, -0.2) is 4.79 Å². The van der Waals surface area contributed by atoms with Crippen LogP contribution >= 0.6 is 0 Å². The molecule has 2 unspecified atom stereocenters. The van der Waals surface area contributed by atoms with Gasteiger partial charge in [-0.2, -0.15) is 0 Å². The van der Waals surface area contributed by atoms with E-state index < -0.39 is 42.3 Å². The molecule has 0 N–H and O–H groups in total. The molecule has 1 saturated heterocycles. The van der Waals surface area contributed by atoms with Crippen LogP contribution in [0.25, 0.3) is 0 Å². The molecule has 0 radical (unpaired) electrons. The predicted molar refractivity (Wildman–Crippen MR) is 112 cm³/mol. The number of carbonyl (C=O) groups is 3. The van der Waals surface area contributed by atoms with Crippen molar-refractivity contribution in [3.05, 3.63) is 71.8 Å². The van der Waals surface area contributed by atoms with Gasteiger partial charge in [-0.05, 0) is 11.1 Å². The Labute approximate surface area is 186 Å². The fraction of sp³-hybridized carbons (Fsp3) is 0.375. The topological polar surface area (TPSA) is 97.4 Å². The molecule has 170 valence electrons. The third kappa shape index (κ3) is 6.63. The minimum atomic E-state index is -1.23. The fourth-order valence-corrected chi connectivity index (χ4v) is 3.39. The summed E-state index contributed by atoms with van der Waals surface area (Å²) in [7, 11) is 0. The van der Waals surface area contributed by atoms with Crippen LogP contribution in [0.15, 0.2) is 60.7 Å². The van der Waals surface area contributed by atoms with Gasteiger partial charge in [0.2, 0.25) is 0 Å². The van der Waals surface area contributed by atoms with Gasteiger partial charge < -0.3 is 23.7 Å². The molecule has 1 heterocycles. The maximum absolute atomic E-state index is 12.8. The number of benzene rings is 2. The van der Waals surface area contributed by atoms with Crippen molar-refractivity contribution in [2.75, 3.05) is 6.61 Å². The molecule has 1 fully saturated rings. The molecule has 0 aliphatic carbocycles. The molecule has 2 aromatic rings. The Morgan fingerprint density at radius 1 is 0.812 bits per heavy atom. The summed E-state index contributed by atoms with van der Waals surface area (Å²) in [6, 6.07) is 18.5. The average Bonchev–Trinajstić information content (AvgIpc) is 2.78. The lowest BCUT2D eigenvalue weighted by molar-refractivity contribution is -0.233. The van der Waals surface area contributed by atoms with Crippen LogP contribution in [-0.4, -0.2) is 48.9 Å². The van der Waals surface area contributed by atoms with Gasteiger partial charge in [-0.3, -0.25) is 9.59 Å². The Hall–Kier alpha value is -3.23. The second kappa shape index (κ2) is 11.4. The molecule has 32 heavy (non-hydrogen) atoms. The highest BCUT2D eigenvalue weighted by atomic mass is 16.6. The van der Waals surface area contributed by atoms with Crippen molar-refractivity contribution in [2.45, 2.75) is 51.5 Å². The van der Waals surface area contributed by atoms with E-state index in [-0.39, 0.29) is 19.8 Å². The molecule has 1 aliphatic rings. The van der Waals surface area contributed by atoms with Crippen LogP contribution in [0, 0.1) is 0 Å². The monoisotopic (exact) mass is 442 g/mol. The highest BCUT2D eigenvalue weighted by Crippen LogP contribution is 2.26. The fourth-order valence-electron chi connectivity index (χ4n) is 3.39. The molecule has 0 aromatic heterocycles. The molecule has 0 bridgehead atoms. The Kier molecular flexibility index (Phi) is 8.35. The molecule has 2 aromatic carbocycles. The molecule has 0 spiro atoms. The van der Waals surface area contributed by atoms with Crippen molar-refractivity contribution >= 4 is 17.9 Å². The second-order valence-corrected chi connectivity index (χ2v) is 7.33. The van der Waals surface area contributed by atoms with Crippen molar-refractivity contribution in [3.63, 3.8) is 0 Å². The number of esters is 3. The Balaban J connectivity index is 1.77. The van der Waals surface area contributed by atoms with Crippen molar-refractivity contribution in [2.24, 2.45) is 0 Å². The van der Waals surface area contributed by atoms with Gasteiger partial charge in [0.05, 0.1) is 13.2 Å².